The van der Waals surface area contributed by atoms with E-state index < -0.39 is 32.3 Å². The third-order valence-electron chi connectivity index (χ3n) is 9.47. The molecule has 0 saturated carbocycles. The van der Waals surface area contributed by atoms with E-state index in [0.29, 0.717) is 29.8 Å². The van der Waals surface area contributed by atoms with Gasteiger partial charge in [0.2, 0.25) is 0 Å². The average molecular weight is 705 g/mol. The highest BCUT2D eigenvalue weighted by Crippen LogP contribution is 2.43. The third-order valence-corrected chi connectivity index (χ3v) is 14.0. The van der Waals surface area contributed by atoms with Crippen LogP contribution in [0.15, 0.2) is 78.9 Å². The number of anilines is 1. The van der Waals surface area contributed by atoms with E-state index in [0.717, 1.165) is 22.4 Å². The number of aromatic nitrogens is 1. The first-order valence-corrected chi connectivity index (χ1v) is 20.0. The van der Waals surface area contributed by atoms with Crippen LogP contribution in [0.25, 0.3) is 22.3 Å². The van der Waals surface area contributed by atoms with Gasteiger partial charge >= 0.3 is 5.97 Å². The minimum atomic E-state index is -2.29. The van der Waals surface area contributed by atoms with Gasteiger partial charge in [-0.3, -0.25) is 9.59 Å². The first-order valence-electron chi connectivity index (χ1n) is 17.1. The molecule has 1 heterocycles. The molecule has 268 valence electrons. The van der Waals surface area contributed by atoms with Crippen molar-refractivity contribution in [1.29, 1.82) is 0 Å². The van der Waals surface area contributed by atoms with E-state index in [9.17, 15) is 23.5 Å². The Morgan fingerprint density at radius 1 is 0.880 bits per heavy atom. The molecule has 4 aromatic rings. The van der Waals surface area contributed by atoms with Crippen molar-refractivity contribution in [1.82, 2.24) is 4.57 Å². The molecule has 0 bridgehead atoms. The Morgan fingerprint density at radius 2 is 1.44 bits per heavy atom. The number of aliphatic hydroxyl groups excluding tert-OH is 1. The van der Waals surface area contributed by atoms with E-state index in [4.69, 9.17) is 9.16 Å². The van der Waals surface area contributed by atoms with Gasteiger partial charge in [-0.15, -0.1) is 0 Å². The number of aliphatic hydroxyl groups is 1. The zero-order valence-electron chi connectivity index (χ0n) is 30.3. The third kappa shape index (κ3) is 9.35. The van der Waals surface area contributed by atoms with Gasteiger partial charge in [-0.2, -0.15) is 0 Å². The van der Waals surface area contributed by atoms with Crippen LogP contribution in [0, 0.1) is 11.6 Å². The van der Waals surface area contributed by atoms with Crippen molar-refractivity contribution >= 4 is 25.9 Å². The lowest BCUT2D eigenvalue weighted by Gasteiger charge is -2.39. The first-order chi connectivity index (χ1) is 23.5. The molecule has 4 rings (SSSR count). The standard InChI is InChI=1S/C40H50F2N2O5Si/c1-26(2)44-34(23-22-32(45)24-33(25-35(46)48-6)49-50(7,8)40(3,4)5)36(28-14-16-29(41)17-15-28)37(27-12-10-9-11-13-27)38(44)39(47)43-31-20-18-30(42)19-21-31/h9-21,26,32-33,45H,22-25H2,1-8H3,(H,43,47)/t32?,33-/m1/s1. The van der Waals surface area contributed by atoms with Gasteiger partial charge in [-0.25, -0.2) is 8.78 Å². The molecule has 7 nitrogen and oxygen atoms in total. The Bertz CT molecular complexity index is 1750. The van der Waals surface area contributed by atoms with E-state index in [2.05, 4.69) is 39.2 Å². The van der Waals surface area contributed by atoms with Gasteiger partial charge in [-0.05, 0) is 98.8 Å². The molecule has 0 saturated heterocycles. The predicted octanol–water partition coefficient (Wildman–Crippen LogP) is 9.57. The maximum absolute atomic E-state index is 14.3. The number of amides is 1. The number of methoxy groups -OCH3 is 1. The fourth-order valence-electron chi connectivity index (χ4n) is 5.97. The molecule has 1 unspecified atom stereocenters. The Morgan fingerprint density at radius 3 is 1.98 bits per heavy atom. The molecule has 0 spiro atoms. The summed E-state index contributed by atoms with van der Waals surface area (Å²) in [4.78, 5) is 26.7. The Kier molecular flexibility index (Phi) is 12.6. The highest BCUT2D eigenvalue weighted by Gasteiger charge is 2.40. The number of halogens is 2. The fourth-order valence-corrected chi connectivity index (χ4v) is 7.34. The van der Waals surface area contributed by atoms with Crippen LogP contribution in [0.1, 0.15) is 76.1 Å². The molecule has 3 aromatic carbocycles. The summed E-state index contributed by atoms with van der Waals surface area (Å²) in [5, 5.41) is 14.4. The minimum Gasteiger partial charge on any atom is -0.469 e. The van der Waals surface area contributed by atoms with E-state index >= 15 is 0 Å². The number of nitrogens with one attached hydrogen (secondary N) is 1. The largest absolute Gasteiger partial charge is 0.469 e. The number of benzene rings is 3. The number of carbonyl (C=O) groups excluding carboxylic acids is 2. The summed E-state index contributed by atoms with van der Waals surface area (Å²) >= 11 is 0. The van der Waals surface area contributed by atoms with Crippen LogP contribution in [0.5, 0.6) is 0 Å². The lowest BCUT2D eigenvalue weighted by molar-refractivity contribution is -0.142. The fraction of sp³-hybridized carbons (Fsp3) is 0.400. The molecule has 10 heteroatoms. The number of ether oxygens (including phenoxy) is 1. The summed E-state index contributed by atoms with van der Waals surface area (Å²) in [5.41, 5.74) is 4.55. The van der Waals surface area contributed by atoms with E-state index in [1.165, 1.54) is 43.5 Å². The van der Waals surface area contributed by atoms with Crippen molar-refractivity contribution in [3.8, 4) is 22.3 Å². The van der Waals surface area contributed by atoms with Crippen LogP contribution in [0.4, 0.5) is 14.5 Å². The monoisotopic (exact) mass is 704 g/mol. The van der Waals surface area contributed by atoms with Crippen molar-refractivity contribution in [2.45, 2.75) is 96.7 Å². The Labute approximate surface area is 295 Å². The van der Waals surface area contributed by atoms with Crippen molar-refractivity contribution in [3.63, 3.8) is 0 Å². The van der Waals surface area contributed by atoms with Crippen molar-refractivity contribution in [2.75, 3.05) is 12.4 Å². The van der Waals surface area contributed by atoms with E-state index in [1.54, 1.807) is 12.1 Å². The molecule has 0 aliphatic heterocycles. The van der Waals surface area contributed by atoms with Crippen molar-refractivity contribution < 1.29 is 32.6 Å². The molecule has 0 fully saturated rings. The number of nitrogens with zero attached hydrogens (tertiary/aromatic N) is 1. The SMILES string of the molecule is COC(=O)C[C@@H](CC(O)CCc1c(-c2ccc(F)cc2)c(-c2ccccc2)c(C(=O)Nc2ccc(F)cc2)n1C(C)C)O[Si](C)(C)C(C)(C)C. The van der Waals surface area contributed by atoms with Gasteiger partial charge in [-0.1, -0.05) is 63.2 Å². The summed E-state index contributed by atoms with van der Waals surface area (Å²) < 4.78 is 41.5. The van der Waals surface area contributed by atoms with Crippen molar-refractivity contribution in [3.05, 3.63) is 102 Å². The molecule has 1 aromatic heterocycles. The second-order valence-corrected chi connectivity index (χ2v) is 19.3. The zero-order valence-corrected chi connectivity index (χ0v) is 31.3. The number of rotatable bonds is 14. The summed E-state index contributed by atoms with van der Waals surface area (Å²) in [6.07, 6.45) is -0.474. The molecular weight excluding hydrogens is 655 g/mol. The highest BCUT2D eigenvalue weighted by molar-refractivity contribution is 6.74. The topological polar surface area (TPSA) is 89.8 Å². The number of hydrogen-bond acceptors (Lipinski definition) is 5. The number of esters is 1. The van der Waals surface area contributed by atoms with Crippen LogP contribution in [0.2, 0.25) is 18.1 Å². The average Bonchev–Trinajstić information content (AvgIpc) is 3.40. The maximum atomic E-state index is 14.3. The number of hydrogen-bond donors (Lipinski definition) is 2. The van der Waals surface area contributed by atoms with Gasteiger partial charge in [0.15, 0.2) is 8.32 Å². The molecule has 2 atom stereocenters. The second kappa shape index (κ2) is 16.3. The van der Waals surface area contributed by atoms with Crippen LogP contribution >= 0.6 is 0 Å². The summed E-state index contributed by atoms with van der Waals surface area (Å²) in [6.45, 7) is 14.5. The predicted molar refractivity (Wildman–Crippen MR) is 198 cm³/mol. The maximum Gasteiger partial charge on any atom is 0.308 e. The summed E-state index contributed by atoms with van der Waals surface area (Å²) in [5.74, 6) is -1.60. The normalized spacial score (nSPS) is 13.3. The molecule has 0 aliphatic carbocycles. The summed E-state index contributed by atoms with van der Waals surface area (Å²) in [6, 6.07) is 21.1. The van der Waals surface area contributed by atoms with Gasteiger partial charge in [0.1, 0.15) is 17.3 Å². The van der Waals surface area contributed by atoms with Gasteiger partial charge in [0.25, 0.3) is 5.91 Å². The van der Waals surface area contributed by atoms with E-state index in [-0.39, 0.29) is 35.6 Å². The van der Waals surface area contributed by atoms with Crippen molar-refractivity contribution in [2.24, 2.45) is 0 Å². The molecule has 0 aliphatic rings. The number of carbonyl (C=O) groups is 2. The van der Waals surface area contributed by atoms with Crippen LogP contribution in [-0.4, -0.2) is 49.2 Å². The first kappa shape index (κ1) is 38.7. The minimum absolute atomic E-state index is 0.0229. The molecule has 0 radical (unpaired) electrons. The van der Waals surface area contributed by atoms with Gasteiger partial charge < -0.3 is 24.2 Å². The second-order valence-electron chi connectivity index (χ2n) is 14.6. The van der Waals surface area contributed by atoms with Crippen LogP contribution in [-0.2, 0) is 20.4 Å². The molecule has 50 heavy (non-hydrogen) atoms. The van der Waals surface area contributed by atoms with E-state index in [1.807, 2.05) is 48.7 Å². The quantitative estimate of drug-likeness (QED) is 0.101. The van der Waals surface area contributed by atoms with Crippen LogP contribution < -0.4 is 5.32 Å². The summed E-state index contributed by atoms with van der Waals surface area (Å²) in [7, 11) is -0.951. The highest BCUT2D eigenvalue weighted by atomic mass is 28.4. The van der Waals surface area contributed by atoms with Crippen LogP contribution in [0.3, 0.4) is 0 Å². The smallest absolute Gasteiger partial charge is 0.308 e. The molecule has 1 amide bonds. The molecule has 2 N–H and O–H groups in total. The Balaban J connectivity index is 1.82. The Hall–Kier alpha value is -4.12. The van der Waals surface area contributed by atoms with Gasteiger partial charge in [0.05, 0.1) is 25.7 Å². The lowest BCUT2D eigenvalue weighted by atomic mass is 9.92. The zero-order chi connectivity index (χ0) is 36.8. The lowest BCUT2D eigenvalue weighted by Crippen LogP contribution is -2.45. The molecular formula is C40H50F2N2O5Si. The van der Waals surface area contributed by atoms with Gasteiger partial charge in [0, 0.05) is 28.6 Å².